The van der Waals surface area contributed by atoms with Crippen LogP contribution in [-0.4, -0.2) is 32.9 Å². The highest BCUT2D eigenvalue weighted by atomic mass is 16.5. The molecule has 0 spiro atoms. The Balaban J connectivity index is 1.62. The summed E-state index contributed by atoms with van der Waals surface area (Å²) in [7, 11) is 0. The molecule has 7 nitrogen and oxygen atoms in total. The van der Waals surface area contributed by atoms with E-state index in [2.05, 4.69) is 15.3 Å². The van der Waals surface area contributed by atoms with Gasteiger partial charge in [0.25, 0.3) is 0 Å². The van der Waals surface area contributed by atoms with Gasteiger partial charge in [0.1, 0.15) is 5.65 Å². The number of carboxylic acid groups (broad SMARTS) is 1. The Bertz CT molecular complexity index is 949. The monoisotopic (exact) mass is 367 g/mol. The van der Waals surface area contributed by atoms with Gasteiger partial charge in [-0.1, -0.05) is 25.7 Å². The van der Waals surface area contributed by atoms with Gasteiger partial charge in [0, 0.05) is 29.4 Å². The molecule has 27 heavy (non-hydrogen) atoms. The van der Waals surface area contributed by atoms with Crippen molar-refractivity contribution in [2.24, 2.45) is 0 Å². The van der Waals surface area contributed by atoms with Crippen LogP contribution in [0.25, 0.3) is 17.1 Å². The first kappa shape index (κ1) is 17.3. The minimum atomic E-state index is -1.28. The molecular weight excluding hydrogens is 346 g/mol. The van der Waals surface area contributed by atoms with Gasteiger partial charge in [0.15, 0.2) is 11.3 Å². The number of allylic oxidation sites excluding steroid dienone is 1. The number of carboxylic acids is 1. The summed E-state index contributed by atoms with van der Waals surface area (Å²) in [6.45, 7) is 0. The van der Waals surface area contributed by atoms with Crippen molar-refractivity contribution in [3.05, 3.63) is 47.3 Å². The molecule has 2 aliphatic rings. The Labute approximate surface area is 156 Å². The number of Topliss-reactive ketones (excluding diaryl/α,β-unsaturated/α-hetero) is 1. The largest absolute Gasteiger partial charge is 0.477 e. The van der Waals surface area contributed by atoms with Crippen LogP contribution in [0.1, 0.15) is 44.1 Å². The fraction of sp³-hybridized carbons (Fsp3) is 0.350. The summed E-state index contributed by atoms with van der Waals surface area (Å²) in [6, 6.07) is 3.80. The van der Waals surface area contributed by atoms with Gasteiger partial charge >= 0.3 is 5.97 Å². The predicted octanol–water partition coefficient (Wildman–Crippen LogP) is 3.11. The zero-order valence-electron chi connectivity index (χ0n) is 14.8. The minimum Gasteiger partial charge on any atom is -0.477 e. The summed E-state index contributed by atoms with van der Waals surface area (Å²) in [6.07, 6.45) is 11.4. The first-order chi connectivity index (χ1) is 13.1. The van der Waals surface area contributed by atoms with E-state index in [0.29, 0.717) is 5.65 Å². The SMILES string of the molecule is O=C(O)C1=C(NC2CCCCCC2)O/C(=C\c2c[nH]c3ncccc23)C1=O. The number of fused-ring (bicyclic) bond motifs is 1. The lowest BCUT2D eigenvalue weighted by atomic mass is 10.1. The number of rotatable bonds is 4. The van der Waals surface area contributed by atoms with Gasteiger partial charge in [0.2, 0.25) is 11.7 Å². The number of carbonyl (C=O) groups is 2. The molecule has 1 aliphatic carbocycles. The molecule has 0 bridgehead atoms. The van der Waals surface area contributed by atoms with Gasteiger partial charge < -0.3 is 20.1 Å². The summed E-state index contributed by atoms with van der Waals surface area (Å²) in [5.74, 6) is -1.83. The molecule has 2 aromatic heterocycles. The minimum absolute atomic E-state index is 0.00766. The molecule has 1 saturated carbocycles. The molecule has 0 amide bonds. The Hall–Kier alpha value is -3.09. The molecule has 4 rings (SSSR count). The Morgan fingerprint density at radius 1 is 1.30 bits per heavy atom. The number of ether oxygens (including phenoxy) is 1. The molecule has 7 heteroatoms. The first-order valence-corrected chi connectivity index (χ1v) is 9.24. The molecular formula is C20H21N3O4. The number of aromatic amines is 1. The van der Waals surface area contributed by atoms with Crippen molar-refractivity contribution in [1.29, 1.82) is 0 Å². The van der Waals surface area contributed by atoms with Crippen LogP contribution < -0.4 is 5.32 Å². The topological polar surface area (TPSA) is 104 Å². The number of hydrogen-bond acceptors (Lipinski definition) is 5. The molecule has 0 atom stereocenters. The van der Waals surface area contributed by atoms with Gasteiger partial charge in [-0.3, -0.25) is 4.79 Å². The molecule has 0 aromatic carbocycles. The van der Waals surface area contributed by atoms with Gasteiger partial charge in [-0.2, -0.15) is 0 Å². The van der Waals surface area contributed by atoms with Gasteiger partial charge in [0.05, 0.1) is 0 Å². The second-order valence-corrected chi connectivity index (χ2v) is 6.93. The van der Waals surface area contributed by atoms with Crippen molar-refractivity contribution in [2.75, 3.05) is 0 Å². The van der Waals surface area contributed by atoms with E-state index in [4.69, 9.17) is 4.74 Å². The average molecular weight is 367 g/mol. The van der Waals surface area contributed by atoms with Crippen LogP contribution in [-0.2, 0) is 14.3 Å². The second kappa shape index (κ2) is 7.26. The number of aliphatic carboxylic acids is 1. The highest BCUT2D eigenvalue weighted by Crippen LogP contribution is 2.29. The number of nitrogens with one attached hydrogen (secondary N) is 2. The fourth-order valence-electron chi connectivity index (χ4n) is 3.67. The van der Waals surface area contributed by atoms with E-state index in [1.165, 1.54) is 12.8 Å². The maximum atomic E-state index is 12.6. The van der Waals surface area contributed by atoms with Crippen LogP contribution in [0.5, 0.6) is 0 Å². The van der Waals surface area contributed by atoms with Crippen LogP contribution in [0.2, 0.25) is 0 Å². The van der Waals surface area contributed by atoms with Crippen molar-refractivity contribution >= 4 is 28.9 Å². The summed E-state index contributed by atoms with van der Waals surface area (Å²) >= 11 is 0. The maximum Gasteiger partial charge on any atom is 0.345 e. The normalized spacial score (nSPS) is 20.1. The Morgan fingerprint density at radius 2 is 2.07 bits per heavy atom. The van der Waals surface area contributed by atoms with E-state index in [9.17, 15) is 14.7 Å². The van der Waals surface area contributed by atoms with Gasteiger partial charge in [-0.05, 0) is 31.1 Å². The molecule has 140 valence electrons. The van der Waals surface area contributed by atoms with Gasteiger partial charge in [-0.15, -0.1) is 0 Å². The van der Waals surface area contributed by atoms with Crippen molar-refractivity contribution in [1.82, 2.24) is 15.3 Å². The smallest absolute Gasteiger partial charge is 0.345 e. The van der Waals surface area contributed by atoms with E-state index in [0.717, 1.165) is 36.6 Å². The number of ketones is 1. The number of carbonyl (C=O) groups excluding carboxylic acids is 1. The van der Waals surface area contributed by atoms with Crippen molar-refractivity contribution in [3.63, 3.8) is 0 Å². The lowest BCUT2D eigenvalue weighted by molar-refractivity contribution is -0.134. The molecule has 2 aromatic rings. The maximum absolute atomic E-state index is 12.6. The molecule has 3 heterocycles. The van der Waals surface area contributed by atoms with Crippen LogP contribution >= 0.6 is 0 Å². The van der Waals surface area contributed by atoms with Crippen molar-refractivity contribution in [3.8, 4) is 0 Å². The Kier molecular flexibility index (Phi) is 4.66. The molecule has 0 unspecified atom stereocenters. The third-order valence-electron chi connectivity index (χ3n) is 5.06. The van der Waals surface area contributed by atoms with Crippen molar-refractivity contribution < 1.29 is 19.4 Å². The van der Waals surface area contributed by atoms with E-state index in [1.54, 1.807) is 24.5 Å². The van der Waals surface area contributed by atoms with Crippen LogP contribution in [0.4, 0.5) is 0 Å². The Morgan fingerprint density at radius 3 is 2.81 bits per heavy atom. The lowest BCUT2D eigenvalue weighted by Crippen LogP contribution is -2.29. The molecule has 1 aliphatic heterocycles. The average Bonchev–Trinajstić information content (AvgIpc) is 3.07. The number of H-pyrrole nitrogens is 1. The lowest BCUT2D eigenvalue weighted by Gasteiger charge is -2.18. The standard InChI is InChI=1S/C20H21N3O4/c24-17-15(10-12-11-22-18-14(12)8-5-9-21-18)27-19(16(17)20(25)26)23-13-6-3-1-2-4-7-13/h5,8-11,13,23H,1-4,6-7H2,(H,21,22)(H,25,26)/b15-10-. The highest BCUT2D eigenvalue weighted by Gasteiger charge is 2.36. The summed E-state index contributed by atoms with van der Waals surface area (Å²) < 4.78 is 5.68. The zero-order chi connectivity index (χ0) is 18.8. The summed E-state index contributed by atoms with van der Waals surface area (Å²) in [5.41, 5.74) is 1.09. The molecule has 3 N–H and O–H groups in total. The molecule has 0 radical (unpaired) electrons. The van der Waals surface area contributed by atoms with E-state index < -0.39 is 11.8 Å². The third-order valence-corrected chi connectivity index (χ3v) is 5.06. The third kappa shape index (κ3) is 3.45. The molecule has 0 saturated heterocycles. The predicted molar refractivity (Wildman–Crippen MR) is 99.5 cm³/mol. The zero-order valence-corrected chi connectivity index (χ0v) is 14.8. The quantitative estimate of drug-likeness (QED) is 0.436. The van der Waals surface area contributed by atoms with E-state index in [-0.39, 0.29) is 23.3 Å². The van der Waals surface area contributed by atoms with Crippen LogP contribution in [0.3, 0.4) is 0 Å². The highest BCUT2D eigenvalue weighted by molar-refractivity contribution is 6.26. The van der Waals surface area contributed by atoms with Crippen molar-refractivity contribution in [2.45, 2.75) is 44.6 Å². The van der Waals surface area contributed by atoms with Crippen LogP contribution in [0.15, 0.2) is 41.7 Å². The van der Waals surface area contributed by atoms with E-state index >= 15 is 0 Å². The van der Waals surface area contributed by atoms with Gasteiger partial charge in [-0.25, -0.2) is 9.78 Å². The van der Waals surface area contributed by atoms with Crippen LogP contribution in [0, 0.1) is 0 Å². The number of pyridine rings is 1. The molecule has 1 fully saturated rings. The summed E-state index contributed by atoms with van der Waals surface area (Å²) in [5, 5.41) is 13.5. The summed E-state index contributed by atoms with van der Waals surface area (Å²) in [4.78, 5) is 31.5. The second-order valence-electron chi connectivity index (χ2n) is 6.93. The number of hydrogen-bond donors (Lipinski definition) is 3. The number of aromatic nitrogens is 2. The fourth-order valence-corrected chi connectivity index (χ4v) is 3.67. The first-order valence-electron chi connectivity index (χ1n) is 9.24. The number of nitrogens with zero attached hydrogens (tertiary/aromatic N) is 1. The van der Waals surface area contributed by atoms with E-state index in [1.807, 2.05) is 6.07 Å².